The van der Waals surface area contributed by atoms with Crippen molar-refractivity contribution in [2.45, 2.75) is 200 Å². The lowest BCUT2D eigenvalue weighted by molar-refractivity contribution is -0.144. The Bertz CT molecular complexity index is 830. The molecule has 10 nitrogen and oxygen atoms in total. The molecular formula is C40H81N2O8P. The average molecular weight is 749 g/mol. The molecule has 304 valence electrons. The number of ether oxygens (including phenoxy) is 1. The van der Waals surface area contributed by atoms with Crippen LogP contribution < -0.4 is 11.1 Å². The number of hydrogen-bond donors (Lipinski definition) is 4. The van der Waals surface area contributed by atoms with Crippen LogP contribution in [-0.2, 0) is 27.9 Å². The van der Waals surface area contributed by atoms with Crippen molar-refractivity contribution < 1.29 is 37.9 Å². The summed E-state index contributed by atoms with van der Waals surface area (Å²) < 4.78 is 26.2. The number of carboxylic acids is 1. The molecule has 0 aromatic rings. The van der Waals surface area contributed by atoms with Gasteiger partial charge in [-0.2, -0.15) is 0 Å². The maximum atomic E-state index is 11.8. The Morgan fingerprint density at radius 2 is 1.06 bits per heavy atom. The number of allylic oxidation sites excluding steroid dienone is 2. The van der Waals surface area contributed by atoms with Crippen LogP contribution in [0.3, 0.4) is 0 Å². The van der Waals surface area contributed by atoms with Gasteiger partial charge in [-0.05, 0) is 45.6 Å². The van der Waals surface area contributed by atoms with Gasteiger partial charge in [-0.1, -0.05) is 154 Å². The maximum absolute atomic E-state index is 11.8. The molecule has 5 N–H and O–H groups in total. The molecule has 51 heavy (non-hydrogen) atoms. The van der Waals surface area contributed by atoms with Gasteiger partial charge < -0.3 is 25.8 Å². The first-order valence-electron chi connectivity index (χ1n) is 20.7. The minimum absolute atomic E-state index is 0.0478. The molecule has 2 atom stereocenters. The fourth-order valence-electron chi connectivity index (χ4n) is 5.44. The van der Waals surface area contributed by atoms with E-state index in [1.165, 1.54) is 135 Å². The van der Waals surface area contributed by atoms with Gasteiger partial charge in [0.15, 0.2) is 0 Å². The molecule has 0 saturated carbocycles. The van der Waals surface area contributed by atoms with Crippen molar-refractivity contribution in [3.63, 3.8) is 0 Å². The van der Waals surface area contributed by atoms with Gasteiger partial charge in [0.1, 0.15) is 6.61 Å². The van der Waals surface area contributed by atoms with E-state index in [0.29, 0.717) is 19.4 Å². The number of phosphoric acid groups is 1. The first kappa shape index (κ1) is 51.8. The number of unbranched alkanes of at least 4 members (excludes halogenated alkanes) is 23. The number of likely N-dealkylation sites (N-methyl/N-ethyl adjacent to an activating group) is 1. The largest absolute Gasteiger partial charge is 0.481 e. The number of carboxylic acid groups (broad SMARTS) is 1. The van der Waals surface area contributed by atoms with E-state index >= 15 is 0 Å². The lowest BCUT2D eigenvalue weighted by Crippen LogP contribution is -2.32. The van der Waals surface area contributed by atoms with Gasteiger partial charge >= 0.3 is 19.8 Å². The number of nitrogens with one attached hydrogen (secondary N) is 1. The summed E-state index contributed by atoms with van der Waals surface area (Å²) in [6.45, 7) is 4.71. The van der Waals surface area contributed by atoms with Crippen molar-refractivity contribution >= 4 is 19.8 Å². The van der Waals surface area contributed by atoms with E-state index in [9.17, 15) is 19.0 Å². The van der Waals surface area contributed by atoms with Gasteiger partial charge in [0.2, 0.25) is 0 Å². The molecule has 0 radical (unpaired) electrons. The smallest absolute Gasteiger partial charge is 0.472 e. The van der Waals surface area contributed by atoms with Crippen LogP contribution in [0.5, 0.6) is 0 Å². The molecule has 0 fully saturated rings. The van der Waals surface area contributed by atoms with Gasteiger partial charge in [-0.3, -0.25) is 18.6 Å². The van der Waals surface area contributed by atoms with E-state index in [-0.39, 0.29) is 25.8 Å². The summed E-state index contributed by atoms with van der Waals surface area (Å²) in [7, 11) is -2.42. The molecule has 0 amide bonds. The standard InChI is InChI=1S/C22H47N2O6P.C18H34O2/c1-3-4-5-6-7-8-9-10-11-12-13-14-15-16-22(25)28-19-21(23)20-30-31(26,27)29-18-17-24-2;1-2-3-4-5-6-7-8-9-10-11-12-13-14-15-16-17-18(19)20/h21,24H,3-20,23H2,1-2H3,(H,26,27);9-10H,2-8,11-17H2,1H3,(H,19,20)/b;10-9-/t21-;/m0./s1. The van der Waals surface area contributed by atoms with Crippen molar-refractivity contribution in [3.8, 4) is 0 Å². The van der Waals surface area contributed by atoms with Crippen LogP contribution in [0.4, 0.5) is 0 Å². The quantitative estimate of drug-likeness (QED) is 0.0207. The zero-order chi connectivity index (χ0) is 38.1. The number of rotatable bonds is 38. The Hall–Kier alpha value is -1.29. The lowest BCUT2D eigenvalue weighted by Gasteiger charge is -2.16. The van der Waals surface area contributed by atoms with E-state index in [0.717, 1.165) is 32.1 Å². The predicted molar refractivity (Wildman–Crippen MR) is 212 cm³/mol. The monoisotopic (exact) mass is 749 g/mol. The molecule has 0 aromatic carbocycles. The molecule has 0 saturated heterocycles. The Kier molecular flexibility index (Phi) is 42.1. The Balaban J connectivity index is 0. The molecule has 0 aliphatic carbocycles. The van der Waals surface area contributed by atoms with Crippen LogP contribution in [0.15, 0.2) is 12.2 Å². The first-order valence-corrected chi connectivity index (χ1v) is 22.2. The summed E-state index contributed by atoms with van der Waals surface area (Å²) in [5.41, 5.74) is 5.76. The van der Waals surface area contributed by atoms with Crippen molar-refractivity contribution in [1.82, 2.24) is 5.32 Å². The second-order valence-corrected chi connectivity index (χ2v) is 15.3. The van der Waals surface area contributed by atoms with Gasteiger partial charge in [0.05, 0.1) is 19.3 Å². The minimum Gasteiger partial charge on any atom is -0.481 e. The number of phosphoric ester groups is 1. The SMILES string of the molecule is CCCCCCCC/C=C\CCCCCCCC(=O)O.CCCCCCCCCCCCCCCC(=O)OC[C@H](N)COP(=O)(O)OCCNC. The van der Waals surface area contributed by atoms with Gasteiger partial charge in [0.25, 0.3) is 0 Å². The van der Waals surface area contributed by atoms with Crippen LogP contribution >= 0.6 is 7.82 Å². The molecule has 0 aliphatic heterocycles. The summed E-state index contributed by atoms with van der Waals surface area (Å²) >= 11 is 0. The van der Waals surface area contributed by atoms with Crippen molar-refractivity contribution in [1.29, 1.82) is 0 Å². The van der Waals surface area contributed by atoms with Crippen molar-refractivity contribution in [2.75, 3.05) is 33.4 Å². The maximum Gasteiger partial charge on any atom is 0.472 e. The number of carbonyl (C=O) groups excluding carboxylic acids is 1. The van der Waals surface area contributed by atoms with Crippen LogP contribution in [0.1, 0.15) is 194 Å². The van der Waals surface area contributed by atoms with E-state index < -0.39 is 19.8 Å². The molecule has 0 rings (SSSR count). The summed E-state index contributed by atoms with van der Waals surface area (Å²) in [5, 5.41) is 11.3. The second-order valence-electron chi connectivity index (χ2n) is 13.9. The van der Waals surface area contributed by atoms with E-state index in [1.54, 1.807) is 7.05 Å². The molecule has 0 aliphatic rings. The number of carbonyl (C=O) groups is 2. The lowest BCUT2D eigenvalue weighted by atomic mass is 10.0. The summed E-state index contributed by atoms with van der Waals surface area (Å²) in [5.74, 6) is -0.960. The highest BCUT2D eigenvalue weighted by Gasteiger charge is 2.22. The Morgan fingerprint density at radius 3 is 1.49 bits per heavy atom. The fraction of sp³-hybridized carbons (Fsp3) is 0.900. The highest BCUT2D eigenvalue weighted by molar-refractivity contribution is 7.47. The molecule has 0 spiro atoms. The molecule has 0 bridgehead atoms. The summed E-state index contributed by atoms with van der Waals surface area (Å²) in [6, 6.07) is -0.677. The molecule has 0 heterocycles. The fourth-order valence-corrected chi connectivity index (χ4v) is 6.22. The second kappa shape index (κ2) is 41.5. The third kappa shape index (κ3) is 46.7. The zero-order valence-electron chi connectivity index (χ0n) is 33.2. The average Bonchev–Trinajstić information content (AvgIpc) is 3.10. The van der Waals surface area contributed by atoms with E-state index in [2.05, 4.69) is 31.3 Å². The zero-order valence-corrected chi connectivity index (χ0v) is 34.1. The Morgan fingerprint density at radius 1 is 0.647 bits per heavy atom. The van der Waals surface area contributed by atoms with Gasteiger partial charge in [-0.15, -0.1) is 0 Å². The number of aliphatic carboxylic acids is 1. The molecular weight excluding hydrogens is 667 g/mol. The van der Waals surface area contributed by atoms with E-state index in [1.807, 2.05) is 0 Å². The Labute approximate surface area is 313 Å². The highest BCUT2D eigenvalue weighted by atomic mass is 31.2. The van der Waals surface area contributed by atoms with Gasteiger partial charge in [0, 0.05) is 19.4 Å². The predicted octanol–water partition coefficient (Wildman–Crippen LogP) is 10.8. The normalized spacial score (nSPS) is 13.1. The molecule has 0 aromatic heterocycles. The summed E-state index contributed by atoms with van der Waals surface area (Å²) in [4.78, 5) is 31.6. The van der Waals surface area contributed by atoms with Crippen molar-refractivity contribution in [2.24, 2.45) is 5.73 Å². The number of esters is 1. The van der Waals surface area contributed by atoms with Crippen LogP contribution in [0, 0.1) is 0 Å². The van der Waals surface area contributed by atoms with E-state index in [4.69, 9.17) is 24.6 Å². The summed E-state index contributed by atoms with van der Waals surface area (Å²) in [6.07, 6.45) is 38.0. The number of nitrogens with two attached hydrogens (primary N) is 1. The van der Waals surface area contributed by atoms with Crippen LogP contribution in [0.25, 0.3) is 0 Å². The first-order chi connectivity index (χ1) is 24.7. The number of hydrogen-bond acceptors (Lipinski definition) is 8. The third-order valence-corrected chi connectivity index (χ3v) is 9.64. The third-order valence-electron chi connectivity index (χ3n) is 8.65. The molecule has 1 unspecified atom stereocenters. The highest BCUT2D eigenvalue weighted by Crippen LogP contribution is 2.42. The van der Waals surface area contributed by atoms with Crippen LogP contribution in [0.2, 0.25) is 0 Å². The molecule has 11 heteroatoms. The van der Waals surface area contributed by atoms with Gasteiger partial charge in [-0.25, -0.2) is 4.57 Å². The van der Waals surface area contributed by atoms with Crippen LogP contribution in [-0.4, -0.2) is 61.4 Å². The topological polar surface area (TPSA) is 157 Å². The minimum atomic E-state index is -4.13. The van der Waals surface area contributed by atoms with Crippen molar-refractivity contribution in [3.05, 3.63) is 12.2 Å².